The van der Waals surface area contributed by atoms with E-state index < -0.39 is 0 Å². The summed E-state index contributed by atoms with van der Waals surface area (Å²) in [5.74, 6) is 1.00. The van der Waals surface area contributed by atoms with Crippen LogP contribution in [0.25, 0.3) is 11.0 Å². The van der Waals surface area contributed by atoms with Gasteiger partial charge in [-0.3, -0.25) is 4.98 Å². The van der Waals surface area contributed by atoms with Gasteiger partial charge in [-0.25, -0.2) is 4.98 Å². The Hall–Kier alpha value is -1.39. The molecule has 1 aliphatic heterocycles. The molecule has 1 aliphatic rings. The number of nitrogens with one attached hydrogen (secondary N) is 1. The van der Waals surface area contributed by atoms with Gasteiger partial charge in [0.1, 0.15) is 5.82 Å². The lowest BCUT2D eigenvalue weighted by atomic mass is 10.1. The van der Waals surface area contributed by atoms with Gasteiger partial charge in [-0.1, -0.05) is 12.1 Å². The fraction of sp³-hybridized carbons (Fsp3) is 0.429. The Bertz CT molecular complexity index is 538. The first-order valence-electron chi connectivity index (χ1n) is 6.51. The Balaban J connectivity index is 0.00000133. The molecule has 0 spiro atoms. The van der Waals surface area contributed by atoms with E-state index in [-0.39, 0.29) is 12.4 Å². The van der Waals surface area contributed by atoms with Gasteiger partial charge in [-0.05, 0) is 32.0 Å². The summed E-state index contributed by atoms with van der Waals surface area (Å²) < 4.78 is 0. The van der Waals surface area contributed by atoms with E-state index in [1.807, 2.05) is 37.5 Å². The Labute approximate surface area is 119 Å². The number of anilines is 1. The lowest BCUT2D eigenvalue weighted by Crippen LogP contribution is -2.41. The van der Waals surface area contributed by atoms with Crippen LogP contribution in [0.3, 0.4) is 0 Å². The van der Waals surface area contributed by atoms with Crippen molar-refractivity contribution in [2.75, 3.05) is 25.0 Å². The van der Waals surface area contributed by atoms with Gasteiger partial charge >= 0.3 is 0 Å². The first kappa shape index (κ1) is 14.0. The molecule has 0 radical (unpaired) electrons. The second-order valence-corrected chi connectivity index (χ2v) is 4.77. The minimum absolute atomic E-state index is 0. The summed E-state index contributed by atoms with van der Waals surface area (Å²) in [6, 6.07) is 8.67. The summed E-state index contributed by atoms with van der Waals surface area (Å²) in [4.78, 5) is 11.5. The highest BCUT2D eigenvalue weighted by atomic mass is 35.5. The van der Waals surface area contributed by atoms with E-state index in [4.69, 9.17) is 4.98 Å². The number of halogens is 1. The third-order valence-corrected chi connectivity index (χ3v) is 3.66. The van der Waals surface area contributed by atoms with Crippen molar-refractivity contribution in [2.45, 2.75) is 18.9 Å². The monoisotopic (exact) mass is 278 g/mol. The van der Waals surface area contributed by atoms with E-state index in [1.165, 1.54) is 12.8 Å². The normalized spacial score (nSPS) is 16.4. The summed E-state index contributed by atoms with van der Waals surface area (Å²) in [6.45, 7) is 2.11. The number of rotatable bonds is 2. The Morgan fingerprint density at radius 2 is 1.84 bits per heavy atom. The van der Waals surface area contributed by atoms with Gasteiger partial charge in [-0.2, -0.15) is 0 Å². The Morgan fingerprint density at radius 1 is 1.16 bits per heavy atom. The van der Waals surface area contributed by atoms with Crippen molar-refractivity contribution in [3.8, 4) is 0 Å². The largest absolute Gasteiger partial charge is 0.355 e. The second-order valence-electron chi connectivity index (χ2n) is 4.77. The van der Waals surface area contributed by atoms with Crippen molar-refractivity contribution in [3.05, 3.63) is 30.5 Å². The second kappa shape index (κ2) is 6.17. The van der Waals surface area contributed by atoms with Crippen LogP contribution in [0.1, 0.15) is 12.8 Å². The van der Waals surface area contributed by atoms with Crippen molar-refractivity contribution < 1.29 is 0 Å². The van der Waals surface area contributed by atoms with Crippen LogP contribution in [-0.4, -0.2) is 36.1 Å². The van der Waals surface area contributed by atoms with Crippen LogP contribution in [-0.2, 0) is 0 Å². The van der Waals surface area contributed by atoms with Gasteiger partial charge in [0.05, 0.1) is 17.2 Å². The zero-order valence-corrected chi connectivity index (χ0v) is 11.9. The quantitative estimate of drug-likeness (QED) is 0.915. The summed E-state index contributed by atoms with van der Waals surface area (Å²) in [6.07, 6.45) is 4.23. The smallest absolute Gasteiger partial charge is 0.147 e. The maximum atomic E-state index is 4.69. The standard InChI is InChI=1S/C14H18N4.ClH/c1-15-11-6-8-18(9-7-11)14-10-16-12-4-2-3-5-13(12)17-14;/h2-5,10-11,15H,6-9H2,1H3;1H. The van der Waals surface area contributed by atoms with Crippen LogP contribution in [0, 0.1) is 0 Å². The molecule has 102 valence electrons. The minimum Gasteiger partial charge on any atom is -0.355 e. The molecule has 1 aromatic heterocycles. The topological polar surface area (TPSA) is 41.0 Å². The highest BCUT2D eigenvalue weighted by Crippen LogP contribution is 2.19. The van der Waals surface area contributed by atoms with E-state index in [1.54, 1.807) is 0 Å². The Kier molecular flexibility index (Phi) is 4.56. The number of benzene rings is 1. The zero-order chi connectivity index (χ0) is 12.4. The van der Waals surface area contributed by atoms with Crippen LogP contribution in [0.2, 0.25) is 0 Å². The molecule has 0 amide bonds. The average molecular weight is 279 g/mol. The van der Waals surface area contributed by atoms with Crippen LogP contribution in [0.5, 0.6) is 0 Å². The molecule has 1 aromatic carbocycles. The van der Waals surface area contributed by atoms with Crippen LogP contribution in [0.15, 0.2) is 30.5 Å². The maximum Gasteiger partial charge on any atom is 0.147 e. The van der Waals surface area contributed by atoms with Crippen molar-refractivity contribution >= 4 is 29.3 Å². The molecule has 4 nitrogen and oxygen atoms in total. The molecule has 1 saturated heterocycles. The van der Waals surface area contributed by atoms with Gasteiger partial charge in [0.25, 0.3) is 0 Å². The molecular formula is C14H19ClN4. The third kappa shape index (κ3) is 2.96. The lowest BCUT2D eigenvalue weighted by Gasteiger charge is -2.32. The molecule has 0 bridgehead atoms. The predicted octanol–water partition coefficient (Wildman–Crippen LogP) is 2.24. The minimum atomic E-state index is 0. The number of aromatic nitrogens is 2. The SMILES string of the molecule is CNC1CCN(c2cnc3ccccc3n2)CC1.Cl. The Morgan fingerprint density at radius 3 is 2.53 bits per heavy atom. The van der Waals surface area contributed by atoms with Crippen molar-refractivity contribution in [1.29, 1.82) is 0 Å². The summed E-state index contributed by atoms with van der Waals surface area (Å²) in [7, 11) is 2.04. The van der Waals surface area contributed by atoms with Gasteiger partial charge in [0, 0.05) is 19.1 Å². The molecule has 1 fully saturated rings. The van der Waals surface area contributed by atoms with Crippen LogP contribution >= 0.6 is 12.4 Å². The van der Waals surface area contributed by atoms with Gasteiger partial charge in [-0.15, -0.1) is 12.4 Å². The number of hydrogen-bond acceptors (Lipinski definition) is 4. The number of hydrogen-bond donors (Lipinski definition) is 1. The predicted molar refractivity (Wildman–Crippen MR) is 81.1 cm³/mol. The van der Waals surface area contributed by atoms with E-state index >= 15 is 0 Å². The molecule has 0 aliphatic carbocycles. The highest BCUT2D eigenvalue weighted by molar-refractivity contribution is 5.85. The fourth-order valence-corrected chi connectivity index (χ4v) is 2.50. The zero-order valence-electron chi connectivity index (χ0n) is 11.0. The van der Waals surface area contributed by atoms with E-state index in [0.717, 1.165) is 29.9 Å². The molecule has 3 rings (SSSR count). The molecule has 0 unspecified atom stereocenters. The van der Waals surface area contributed by atoms with Gasteiger partial charge in [0.15, 0.2) is 0 Å². The maximum absolute atomic E-state index is 4.69. The first-order chi connectivity index (χ1) is 8.86. The van der Waals surface area contributed by atoms with Crippen molar-refractivity contribution in [3.63, 3.8) is 0 Å². The summed E-state index contributed by atoms with van der Waals surface area (Å²) in [5.41, 5.74) is 1.94. The highest BCUT2D eigenvalue weighted by Gasteiger charge is 2.18. The molecular weight excluding hydrogens is 260 g/mol. The average Bonchev–Trinajstić information content (AvgIpc) is 2.47. The number of para-hydroxylation sites is 2. The molecule has 2 heterocycles. The van der Waals surface area contributed by atoms with Crippen LogP contribution in [0.4, 0.5) is 5.82 Å². The fourth-order valence-electron chi connectivity index (χ4n) is 2.50. The number of piperidine rings is 1. The van der Waals surface area contributed by atoms with E-state index in [2.05, 4.69) is 15.2 Å². The lowest BCUT2D eigenvalue weighted by molar-refractivity contribution is 0.441. The molecule has 2 aromatic rings. The van der Waals surface area contributed by atoms with Gasteiger partial charge < -0.3 is 10.2 Å². The van der Waals surface area contributed by atoms with Crippen molar-refractivity contribution in [2.24, 2.45) is 0 Å². The molecule has 5 heteroatoms. The third-order valence-electron chi connectivity index (χ3n) is 3.66. The molecule has 0 saturated carbocycles. The van der Waals surface area contributed by atoms with Crippen molar-refractivity contribution in [1.82, 2.24) is 15.3 Å². The summed E-state index contributed by atoms with van der Waals surface area (Å²) >= 11 is 0. The van der Waals surface area contributed by atoms with Crippen LogP contribution < -0.4 is 10.2 Å². The summed E-state index contributed by atoms with van der Waals surface area (Å²) in [5, 5.41) is 3.34. The van der Waals surface area contributed by atoms with E-state index in [9.17, 15) is 0 Å². The molecule has 0 atom stereocenters. The number of fused-ring (bicyclic) bond motifs is 1. The number of nitrogens with zero attached hydrogens (tertiary/aromatic N) is 3. The van der Waals surface area contributed by atoms with E-state index in [0.29, 0.717) is 6.04 Å². The van der Waals surface area contributed by atoms with Gasteiger partial charge in [0.2, 0.25) is 0 Å². The molecule has 19 heavy (non-hydrogen) atoms. The molecule has 1 N–H and O–H groups in total. The first-order valence-corrected chi connectivity index (χ1v) is 6.51.